The number of halogens is 2. The third-order valence-corrected chi connectivity index (χ3v) is 11.2. The molecule has 8 aromatic carbocycles. The van der Waals surface area contributed by atoms with Crippen LogP contribution in [0, 0.1) is 0 Å². The number of benzene rings is 8. The van der Waals surface area contributed by atoms with E-state index in [1.807, 2.05) is 152 Å². The molecule has 0 aliphatic carbocycles. The molecule has 2 amide bonds. The Labute approximate surface area is 426 Å². The lowest BCUT2D eigenvalue weighted by molar-refractivity contribution is 0.0983. The molecule has 0 aromatic heterocycles. The van der Waals surface area contributed by atoms with E-state index >= 15 is 0 Å². The third kappa shape index (κ3) is 16.2. The van der Waals surface area contributed by atoms with Gasteiger partial charge in [-0.15, -0.1) is 0 Å². The summed E-state index contributed by atoms with van der Waals surface area (Å²) in [6.07, 6.45) is 0. The Balaban J connectivity index is 0.000000262. The van der Waals surface area contributed by atoms with E-state index in [0.717, 1.165) is 40.5 Å². The molecule has 0 aliphatic rings. The van der Waals surface area contributed by atoms with E-state index < -0.39 is 10.5 Å². The number of carbonyl (C=O) groups excluding carboxylic acids is 4. The lowest BCUT2D eigenvalue weighted by Crippen LogP contribution is -2.32. The minimum atomic E-state index is -0.602. The zero-order valence-electron chi connectivity index (χ0n) is 38.8. The molecule has 0 heterocycles. The molecule has 12 heteroatoms. The number of rotatable bonds is 16. The van der Waals surface area contributed by atoms with Crippen LogP contribution in [0.5, 0.6) is 17.2 Å². The van der Waals surface area contributed by atoms with Crippen molar-refractivity contribution < 1.29 is 33.4 Å². The minimum absolute atomic E-state index is 0. The average molecular weight is 989 g/mol. The number of carbonyl (C=O) groups is 4. The zero-order chi connectivity index (χ0) is 49.7. The van der Waals surface area contributed by atoms with Gasteiger partial charge in [0.15, 0.2) is 0 Å². The van der Waals surface area contributed by atoms with E-state index in [9.17, 15) is 19.2 Å². The van der Waals surface area contributed by atoms with Crippen LogP contribution >= 0.6 is 23.2 Å². The predicted octanol–water partition coefficient (Wildman–Crippen LogP) is 13.8. The summed E-state index contributed by atoms with van der Waals surface area (Å²) < 4.78 is 15.7. The van der Waals surface area contributed by atoms with Crippen LogP contribution in [-0.4, -0.2) is 43.6 Å². The quantitative estimate of drug-likeness (QED) is 0.0952. The highest BCUT2D eigenvalue weighted by Crippen LogP contribution is 2.27. The van der Waals surface area contributed by atoms with Gasteiger partial charge in [-0.05, 0) is 137 Å². The van der Waals surface area contributed by atoms with Crippen molar-refractivity contribution in [3.63, 3.8) is 0 Å². The van der Waals surface area contributed by atoms with Crippen molar-refractivity contribution >= 4 is 62.6 Å². The molecule has 10 nitrogen and oxygen atoms in total. The van der Waals surface area contributed by atoms with E-state index in [4.69, 9.17) is 37.4 Å². The number of nitrogens with one attached hydrogen (secondary N) is 1. The summed E-state index contributed by atoms with van der Waals surface area (Å²) in [6.45, 7) is 1.58. The van der Waals surface area contributed by atoms with E-state index in [-0.39, 0.29) is 30.4 Å². The molecular weight excluding hydrogens is 934 g/mol. The van der Waals surface area contributed by atoms with E-state index in [2.05, 4.69) is 17.4 Å². The van der Waals surface area contributed by atoms with Gasteiger partial charge in [0.05, 0.1) is 34.4 Å². The van der Waals surface area contributed by atoms with Gasteiger partial charge in [0, 0.05) is 45.9 Å². The first-order valence-corrected chi connectivity index (χ1v) is 22.8. The van der Waals surface area contributed by atoms with Gasteiger partial charge >= 0.3 is 0 Å². The van der Waals surface area contributed by atoms with Gasteiger partial charge in [-0.2, -0.15) is 0 Å². The Bertz CT molecular complexity index is 2770. The summed E-state index contributed by atoms with van der Waals surface area (Å²) >= 11 is 10.4. The van der Waals surface area contributed by atoms with Gasteiger partial charge in [-0.1, -0.05) is 123 Å². The largest absolute Gasteiger partial charge is 0.497 e. The first kappa shape index (κ1) is 53.8. The van der Waals surface area contributed by atoms with Crippen molar-refractivity contribution in [1.82, 2.24) is 0 Å². The van der Waals surface area contributed by atoms with E-state index in [0.29, 0.717) is 35.7 Å². The van der Waals surface area contributed by atoms with Crippen LogP contribution in [0.1, 0.15) is 65.5 Å². The topological polar surface area (TPSA) is 114 Å². The molecular formula is C59H55Cl2N3O7. The monoisotopic (exact) mass is 987 g/mol. The Morgan fingerprint density at radius 3 is 1.08 bits per heavy atom. The van der Waals surface area contributed by atoms with Gasteiger partial charge in [0.2, 0.25) is 0 Å². The van der Waals surface area contributed by atoms with Crippen LogP contribution in [-0.2, 0) is 19.6 Å². The van der Waals surface area contributed by atoms with Crippen LogP contribution in [0.3, 0.4) is 0 Å². The van der Waals surface area contributed by atoms with Crippen LogP contribution in [0.25, 0.3) is 0 Å². The van der Waals surface area contributed by atoms with Gasteiger partial charge in [0.1, 0.15) is 17.2 Å². The fourth-order valence-corrected chi connectivity index (χ4v) is 7.22. The molecule has 0 saturated carbocycles. The maximum atomic E-state index is 14.0. The Kier molecular flexibility index (Phi) is 21.0. The molecule has 0 atom stereocenters. The van der Waals surface area contributed by atoms with Gasteiger partial charge in [-0.3, -0.25) is 19.2 Å². The second kappa shape index (κ2) is 27.7. The molecule has 8 rings (SSSR count). The minimum Gasteiger partial charge on any atom is -0.497 e. The van der Waals surface area contributed by atoms with Gasteiger partial charge in [-0.25, -0.2) is 0 Å². The second-order valence-corrected chi connectivity index (χ2v) is 16.1. The summed E-state index contributed by atoms with van der Waals surface area (Å²) in [7, 11) is 4.89. The molecule has 1 N–H and O–H groups in total. The number of methoxy groups -OCH3 is 3. The summed E-state index contributed by atoms with van der Waals surface area (Å²) in [5.74, 6) is 1.87. The molecule has 8 aromatic rings. The lowest BCUT2D eigenvalue weighted by Gasteiger charge is -2.25. The summed E-state index contributed by atoms with van der Waals surface area (Å²) in [5, 5.41) is 2.15. The average Bonchev–Trinajstić information content (AvgIpc) is 3.42. The number of anilines is 3. The SMILES string of the molecule is C.COc1ccc(N(Cc2ccccc2)C(=O)c2cccc(C(=O)N(Cc3ccccc3)c3ccc(OC)cc3)c2)cc1.COc1ccc(NCc2ccccc2)cc1.O=C(Cl)c1cccc(C(=O)Cl)c1. The summed E-state index contributed by atoms with van der Waals surface area (Å²) in [5.41, 5.74) is 7.18. The Morgan fingerprint density at radius 2 is 0.732 bits per heavy atom. The standard InChI is InChI=1S/C36H32N2O4.C14H15NO.C8H4Cl2O2.CH4/c1-41-33-20-16-31(17-21-33)37(25-27-10-5-3-6-11-27)35(39)29-14-9-15-30(24-29)36(40)38(26-28-12-7-4-8-13-28)32-18-22-34(42-2)23-19-32;1-16-14-9-7-13(8-10-14)15-11-12-5-3-2-4-6-12;9-7(11)5-2-1-3-6(4-5)8(10)12;/h3-24H,25-26H2,1-2H3;2-10,15H,11H2,1H3;1-4H;1H4. The maximum absolute atomic E-state index is 14.0. The normalized spacial score (nSPS) is 10.0. The molecule has 362 valence electrons. The van der Waals surface area contributed by atoms with Gasteiger partial charge in [0.25, 0.3) is 22.3 Å². The molecule has 0 unspecified atom stereocenters. The highest BCUT2D eigenvalue weighted by molar-refractivity contribution is 6.69. The van der Waals surface area contributed by atoms with Crippen LogP contribution in [0.15, 0.2) is 212 Å². The number of hydrogen-bond donors (Lipinski definition) is 1. The van der Waals surface area contributed by atoms with E-state index in [1.165, 1.54) is 23.8 Å². The maximum Gasteiger partial charge on any atom is 0.258 e. The number of hydrogen-bond acceptors (Lipinski definition) is 8. The van der Waals surface area contributed by atoms with Crippen LogP contribution in [0.4, 0.5) is 17.1 Å². The second-order valence-electron chi connectivity index (χ2n) is 15.4. The predicted molar refractivity (Wildman–Crippen MR) is 287 cm³/mol. The molecule has 0 aliphatic heterocycles. The van der Waals surface area contributed by atoms with Crippen molar-refractivity contribution in [2.75, 3.05) is 36.4 Å². The number of amides is 2. The molecule has 0 bridgehead atoms. The highest BCUT2D eigenvalue weighted by Gasteiger charge is 2.23. The lowest BCUT2D eigenvalue weighted by atomic mass is 10.1. The van der Waals surface area contributed by atoms with Crippen LogP contribution in [0.2, 0.25) is 0 Å². The summed E-state index contributed by atoms with van der Waals surface area (Å²) in [4.78, 5) is 52.8. The Hall–Kier alpha value is -8.18. The first-order valence-electron chi connectivity index (χ1n) is 22.1. The van der Waals surface area contributed by atoms with Crippen molar-refractivity contribution in [3.8, 4) is 17.2 Å². The van der Waals surface area contributed by atoms with Crippen molar-refractivity contribution in [2.24, 2.45) is 0 Å². The molecule has 0 saturated heterocycles. The fraction of sp³-hybridized carbons (Fsp3) is 0.119. The highest BCUT2D eigenvalue weighted by atomic mass is 35.5. The van der Waals surface area contributed by atoms with Gasteiger partial charge < -0.3 is 29.3 Å². The van der Waals surface area contributed by atoms with Crippen molar-refractivity contribution in [1.29, 1.82) is 0 Å². The molecule has 0 fully saturated rings. The first-order chi connectivity index (χ1) is 34.0. The zero-order valence-corrected chi connectivity index (χ0v) is 40.3. The summed E-state index contributed by atoms with van der Waals surface area (Å²) in [6, 6.07) is 65.5. The third-order valence-electron chi connectivity index (χ3n) is 10.7. The van der Waals surface area contributed by atoms with E-state index in [1.54, 1.807) is 61.5 Å². The molecule has 0 spiro atoms. The van der Waals surface area contributed by atoms with Crippen molar-refractivity contribution in [3.05, 3.63) is 251 Å². The molecule has 71 heavy (non-hydrogen) atoms. The van der Waals surface area contributed by atoms with Crippen molar-refractivity contribution in [2.45, 2.75) is 27.1 Å². The van der Waals surface area contributed by atoms with Crippen LogP contribution < -0.4 is 29.3 Å². The fourth-order valence-electron chi connectivity index (χ4n) is 6.99. The Morgan fingerprint density at radius 1 is 0.408 bits per heavy atom. The number of nitrogens with zero attached hydrogens (tertiary/aromatic N) is 2. The smallest absolute Gasteiger partial charge is 0.258 e. The number of ether oxygens (including phenoxy) is 3. The molecule has 0 radical (unpaired) electrons.